The highest BCUT2D eigenvalue weighted by atomic mass is 32.3. The van der Waals surface area contributed by atoms with Gasteiger partial charge in [-0.1, -0.05) is 40.7 Å². The SMILES string of the molecule is CC(CC[C@@H](OS(=O)(=O)O)C(C)C)[C@H]1CC[C@H]2[C@@H]3CCC4CC(=O)C=C[C@]4(C)[C@H]3CC[C@]12C. The van der Waals surface area contributed by atoms with E-state index in [-0.39, 0.29) is 11.3 Å². The fraction of sp³-hybridized carbons (Fsp3) is 0.889. The van der Waals surface area contributed by atoms with Gasteiger partial charge in [-0.15, -0.1) is 0 Å². The zero-order valence-electron chi connectivity index (χ0n) is 21.1. The van der Waals surface area contributed by atoms with Crippen molar-refractivity contribution in [3.8, 4) is 0 Å². The smallest absolute Gasteiger partial charge is 0.295 e. The molecule has 0 aromatic carbocycles. The van der Waals surface area contributed by atoms with Crippen molar-refractivity contribution in [2.45, 2.75) is 98.5 Å². The molecule has 0 radical (unpaired) electrons. The molecular formula is C27H44O5S. The van der Waals surface area contributed by atoms with Crippen LogP contribution in [0.15, 0.2) is 12.2 Å². The highest BCUT2D eigenvalue weighted by Crippen LogP contribution is 2.67. The first-order valence-corrected chi connectivity index (χ1v) is 14.6. The van der Waals surface area contributed by atoms with Crippen molar-refractivity contribution in [3.63, 3.8) is 0 Å². The number of carbonyl (C=O) groups excluding carboxylic acids is 1. The number of carbonyl (C=O) groups is 1. The number of allylic oxidation sites excluding steroid dienone is 2. The standard InChI is InChI=1S/C27H44O5S/c1-17(2)25(32-33(29,30)31)11-6-18(3)22-9-10-23-21-8-7-19-16-20(28)12-14-26(19,4)24(21)13-15-27(22,23)5/h12,14,17-19,21-25H,6-11,13,15-16H2,1-5H3,(H,29,30,31)/t18?,19?,21-,22+,23-,24-,25+,26-,27+/m0/s1. The Morgan fingerprint density at radius 3 is 2.45 bits per heavy atom. The Morgan fingerprint density at radius 1 is 1.06 bits per heavy atom. The van der Waals surface area contributed by atoms with E-state index in [1.54, 1.807) is 0 Å². The highest BCUT2D eigenvalue weighted by Gasteiger charge is 2.60. The second-order valence-electron chi connectivity index (χ2n) is 12.6. The summed E-state index contributed by atoms with van der Waals surface area (Å²) in [5.41, 5.74) is 0.523. The van der Waals surface area contributed by atoms with Gasteiger partial charge in [0.1, 0.15) is 0 Å². The lowest BCUT2D eigenvalue weighted by atomic mass is 9.45. The lowest BCUT2D eigenvalue weighted by molar-refractivity contribution is -0.122. The topological polar surface area (TPSA) is 80.7 Å². The van der Waals surface area contributed by atoms with E-state index in [1.807, 2.05) is 19.9 Å². The molecule has 0 bridgehead atoms. The molecule has 0 heterocycles. The van der Waals surface area contributed by atoms with E-state index in [2.05, 4.69) is 26.8 Å². The van der Waals surface area contributed by atoms with Crippen LogP contribution in [0.3, 0.4) is 0 Å². The van der Waals surface area contributed by atoms with E-state index >= 15 is 0 Å². The van der Waals surface area contributed by atoms with Gasteiger partial charge in [0.25, 0.3) is 0 Å². The molecule has 0 saturated heterocycles. The third-order valence-corrected chi connectivity index (χ3v) is 11.2. The predicted octanol–water partition coefficient (Wildman–Crippen LogP) is 6.25. The minimum Gasteiger partial charge on any atom is -0.295 e. The van der Waals surface area contributed by atoms with Gasteiger partial charge in [-0.2, -0.15) is 8.42 Å². The number of hydrogen-bond donors (Lipinski definition) is 1. The first-order valence-electron chi connectivity index (χ1n) is 13.2. The van der Waals surface area contributed by atoms with Gasteiger partial charge in [0, 0.05) is 6.42 Å². The summed E-state index contributed by atoms with van der Waals surface area (Å²) in [7, 11) is -4.43. The molecule has 4 rings (SSSR count). The number of ketones is 1. The van der Waals surface area contributed by atoms with Crippen LogP contribution in [-0.4, -0.2) is 24.9 Å². The van der Waals surface area contributed by atoms with Crippen LogP contribution in [0.5, 0.6) is 0 Å². The van der Waals surface area contributed by atoms with Crippen LogP contribution >= 0.6 is 0 Å². The van der Waals surface area contributed by atoms with E-state index in [9.17, 15) is 13.2 Å². The van der Waals surface area contributed by atoms with Gasteiger partial charge in [0.2, 0.25) is 0 Å². The quantitative estimate of drug-likeness (QED) is 0.436. The van der Waals surface area contributed by atoms with E-state index in [0.29, 0.717) is 41.3 Å². The van der Waals surface area contributed by atoms with Gasteiger partial charge in [0.05, 0.1) is 6.10 Å². The molecule has 6 heteroatoms. The maximum atomic E-state index is 12.1. The van der Waals surface area contributed by atoms with Gasteiger partial charge in [-0.25, -0.2) is 4.18 Å². The molecule has 0 aromatic rings. The maximum Gasteiger partial charge on any atom is 0.397 e. The van der Waals surface area contributed by atoms with Crippen LogP contribution in [0.1, 0.15) is 92.4 Å². The Bertz CT molecular complexity index is 879. The summed E-state index contributed by atoms with van der Waals surface area (Å²) in [4.78, 5) is 12.1. The van der Waals surface area contributed by atoms with Crippen LogP contribution in [0.4, 0.5) is 0 Å². The molecule has 0 aliphatic heterocycles. The highest BCUT2D eigenvalue weighted by molar-refractivity contribution is 7.80. The Labute approximate surface area is 201 Å². The van der Waals surface area contributed by atoms with Crippen molar-refractivity contribution in [1.82, 2.24) is 0 Å². The monoisotopic (exact) mass is 480 g/mol. The van der Waals surface area contributed by atoms with E-state index in [1.165, 1.54) is 38.5 Å². The summed E-state index contributed by atoms with van der Waals surface area (Å²) < 4.78 is 36.7. The summed E-state index contributed by atoms with van der Waals surface area (Å²) in [5, 5.41) is 0. The fourth-order valence-electron chi connectivity index (χ4n) is 8.89. The van der Waals surface area contributed by atoms with E-state index < -0.39 is 16.5 Å². The number of fused-ring (bicyclic) bond motifs is 5. The lowest BCUT2D eigenvalue weighted by Gasteiger charge is -2.59. The largest absolute Gasteiger partial charge is 0.397 e. The molecule has 33 heavy (non-hydrogen) atoms. The first kappa shape index (κ1) is 25.4. The summed E-state index contributed by atoms with van der Waals surface area (Å²) >= 11 is 0. The minimum absolute atomic E-state index is 0.0350. The maximum absolute atomic E-state index is 12.1. The molecular weight excluding hydrogens is 436 g/mol. The average molecular weight is 481 g/mol. The summed E-state index contributed by atoms with van der Waals surface area (Å²) in [5.74, 6) is 4.22. The van der Waals surface area contributed by atoms with Crippen LogP contribution in [-0.2, 0) is 19.4 Å². The van der Waals surface area contributed by atoms with Crippen LogP contribution in [0, 0.1) is 52.3 Å². The van der Waals surface area contributed by atoms with Crippen LogP contribution < -0.4 is 0 Å². The summed E-state index contributed by atoms with van der Waals surface area (Å²) in [6.07, 6.45) is 13.5. The van der Waals surface area contributed by atoms with E-state index in [4.69, 9.17) is 8.74 Å². The molecule has 3 fully saturated rings. The normalized spacial score (nSPS) is 42.5. The first-order chi connectivity index (χ1) is 15.3. The van der Waals surface area contributed by atoms with E-state index in [0.717, 1.165) is 24.7 Å². The Kier molecular flexibility index (Phi) is 6.96. The van der Waals surface area contributed by atoms with Crippen molar-refractivity contribution >= 4 is 16.2 Å². The van der Waals surface area contributed by atoms with Crippen molar-refractivity contribution in [2.24, 2.45) is 52.3 Å². The Hall–Kier alpha value is -0.720. The van der Waals surface area contributed by atoms with Gasteiger partial charge in [-0.3, -0.25) is 9.35 Å². The van der Waals surface area contributed by atoms with Crippen molar-refractivity contribution < 1.29 is 21.9 Å². The second-order valence-corrected chi connectivity index (χ2v) is 13.7. The molecule has 1 N–H and O–H groups in total. The number of rotatable bonds is 7. The molecule has 0 amide bonds. The molecule has 0 aromatic heterocycles. The van der Waals surface area contributed by atoms with Gasteiger partial charge >= 0.3 is 10.4 Å². The average Bonchev–Trinajstić information content (AvgIpc) is 3.07. The zero-order valence-corrected chi connectivity index (χ0v) is 21.9. The van der Waals surface area contributed by atoms with Crippen molar-refractivity contribution in [2.75, 3.05) is 0 Å². The second kappa shape index (κ2) is 9.05. The fourth-order valence-corrected chi connectivity index (χ4v) is 9.52. The van der Waals surface area contributed by atoms with Gasteiger partial charge < -0.3 is 0 Å². The predicted molar refractivity (Wildman–Crippen MR) is 130 cm³/mol. The molecule has 3 saturated carbocycles. The van der Waals surface area contributed by atoms with Crippen LogP contribution in [0.2, 0.25) is 0 Å². The molecule has 0 spiro atoms. The Balaban J connectivity index is 1.45. The third kappa shape index (κ3) is 4.73. The molecule has 9 atom stereocenters. The van der Waals surface area contributed by atoms with Crippen molar-refractivity contribution in [3.05, 3.63) is 12.2 Å². The summed E-state index contributed by atoms with van der Waals surface area (Å²) in [6, 6.07) is 0. The third-order valence-electron chi connectivity index (χ3n) is 10.7. The van der Waals surface area contributed by atoms with Crippen LogP contribution in [0.25, 0.3) is 0 Å². The molecule has 4 aliphatic carbocycles. The van der Waals surface area contributed by atoms with Gasteiger partial charge in [0.15, 0.2) is 5.78 Å². The molecule has 5 nitrogen and oxygen atoms in total. The Morgan fingerprint density at radius 2 is 1.79 bits per heavy atom. The molecule has 2 unspecified atom stereocenters. The van der Waals surface area contributed by atoms with Gasteiger partial charge in [-0.05, 0) is 110 Å². The van der Waals surface area contributed by atoms with Crippen molar-refractivity contribution in [1.29, 1.82) is 0 Å². The molecule has 188 valence electrons. The lowest BCUT2D eigenvalue weighted by Crippen LogP contribution is -2.52. The summed E-state index contributed by atoms with van der Waals surface area (Å²) in [6.45, 7) is 11.2. The molecule has 4 aliphatic rings. The number of hydrogen-bond acceptors (Lipinski definition) is 4. The zero-order chi connectivity index (χ0) is 24.2. The minimum atomic E-state index is -4.43.